The fraction of sp³-hybridized carbons (Fsp3) is 0.0714. The second-order valence-corrected chi connectivity index (χ2v) is 4.81. The van der Waals surface area contributed by atoms with Crippen LogP contribution in [0.15, 0.2) is 36.4 Å². The van der Waals surface area contributed by atoms with Crippen LogP contribution in [0.5, 0.6) is 5.75 Å². The number of nitrogens with two attached hydrogens (primary N) is 1. The van der Waals surface area contributed by atoms with Crippen molar-refractivity contribution in [2.75, 3.05) is 12.8 Å². The number of rotatable bonds is 3. The molecule has 0 unspecified atom stereocenters. The summed E-state index contributed by atoms with van der Waals surface area (Å²) in [4.78, 5) is 18.6. The van der Waals surface area contributed by atoms with Gasteiger partial charge in [-0.05, 0) is 23.4 Å². The van der Waals surface area contributed by atoms with Crippen LogP contribution < -0.4 is 15.3 Å². The zero-order valence-corrected chi connectivity index (χ0v) is 12.2. The third kappa shape index (κ3) is 2.42. The van der Waals surface area contributed by atoms with Crippen molar-refractivity contribution in [3.8, 4) is 5.75 Å². The van der Waals surface area contributed by atoms with Crippen LogP contribution in [0.2, 0.25) is 5.02 Å². The van der Waals surface area contributed by atoms with Gasteiger partial charge in [0.05, 0.1) is 17.8 Å². The number of para-hydroxylation sites is 1. The molecule has 0 spiro atoms. The molecule has 0 amide bonds. The van der Waals surface area contributed by atoms with Crippen LogP contribution in [0.25, 0.3) is 11.0 Å². The quantitative estimate of drug-likeness (QED) is 0.586. The molecule has 0 saturated carbocycles. The Morgan fingerprint density at radius 2 is 2.09 bits per heavy atom. The molecule has 1 aromatic heterocycles. The third-order valence-electron chi connectivity index (χ3n) is 3.03. The lowest BCUT2D eigenvalue weighted by molar-refractivity contribution is 0.0405. The highest BCUT2D eigenvalue weighted by Crippen LogP contribution is 2.29. The number of carbonyl (C=O) groups excluding carboxylic acids is 1. The minimum absolute atomic E-state index is 0.140. The van der Waals surface area contributed by atoms with Crippen molar-refractivity contribution < 1.29 is 14.4 Å². The summed E-state index contributed by atoms with van der Waals surface area (Å²) in [5, 5.41) is 7.91. The van der Waals surface area contributed by atoms with Crippen molar-refractivity contribution in [2.24, 2.45) is 0 Å². The highest BCUT2D eigenvalue weighted by molar-refractivity contribution is 6.33. The highest BCUT2D eigenvalue weighted by Gasteiger charge is 2.19. The second-order valence-electron chi connectivity index (χ2n) is 4.40. The minimum Gasteiger partial charge on any atom is -0.496 e. The summed E-state index contributed by atoms with van der Waals surface area (Å²) in [7, 11) is 1.42. The predicted octanol–water partition coefficient (Wildman–Crippen LogP) is 1.94. The van der Waals surface area contributed by atoms with Crippen LogP contribution in [0, 0.1) is 0 Å². The standard InChI is InChI=1S/C14H11ClN4O3/c1-21-13-7-10(16)9(15)6-8(13)14(20)22-19-12-5-3-2-4-11(12)17-18-19/h2-7H,16H2,1H3. The maximum absolute atomic E-state index is 12.3. The normalized spacial score (nSPS) is 10.6. The minimum atomic E-state index is -0.686. The van der Waals surface area contributed by atoms with Crippen LogP contribution in [-0.4, -0.2) is 28.2 Å². The number of ether oxygens (including phenoxy) is 1. The number of anilines is 1. The lowest BCUT2D eigenvalue weighted by atomic mass is 10.2. The number of methoxy groups -OCH3 is 1. The Bertz CT molecular complexity index is 862. The number of hydrogen-bond acceptors (Lipinski definition) is 6. The smallest absolute Gasteiger partial charge is 0.369 e. The number of halogens is 1. The molecule has 3 rings (SSSR count). The van der Waals surface area contributed by atoms with Gasteiger partial charge in [0, 0.05) is 6.07 Å². The Morgan fingerprint density at radius 3 is 2.86 bits per heavy atom. The number of benzene rings is 2. The van der Waals surface area contributed by atoms with Crippen molar-refractivity contribution in [3.63, 3.8) is 0 Å². The molecule has 0 aliphatic rings. The zero-order valence-electron chi connectivity index (χ0n) is 11.5. The van der Waals surface area contributed by atoms with E-state index in [4.69, 9.17) is 26.9 Å². The Morgan fingerprint density at radius 1 is 1.32 bits per heavy atom. The number of hydrogen-bond donors (Lipinski definition) is 1. The van der Waals surface area contributed by atoms with Crippen molar-refractivity contribution in [2.45, 2.75) is 0 Å². The molecule has 8 heteroatoms. The second kappa shape index (κ2) is 5.53. The number of nitrogens with zero attached hydrogens (tertiary/aromatic N) is 3. The van der Waals surface area contributed by atoms with Crippen molar-refractivity contribution in [3.05, 3.63) is 47.0 Å². The van der Waals surface area contributed by atoms with Crippen LogP contribution in [0.3, 0.4) is 0 Å². The SMILES string of the molecule is COc1cc(N)c(Cl)cc1C(=O)On1nnc2ccccc21. The van der Waals surface area contributed by atoms with Gasteiger partial charge in [-0.3, -0.25) is 0 Å². The van der Waals surface area contributed by atoms with E-state index >= 15 is 0 Å². The van der Waals surface area contributed by atoms with E-state index in [0.717, 1.165) is 4.85 Å². The molecule has 0 aliphatic carbocycles. The first-order valence-corrected chi connectivity index (χ1v) is 6.64. The van der Waals surface area contributed by atoms with E-state index in [0.29, 0.717) is 16.7 Å². The Kier molecular flexibility index (Phi) is 3.56. The first-order chi connectivity index (χ1) is 10.6. The number of nitrogen functional groups attached to an aromatic ring is 1. The summed E-state index contributed by atoms with van der Waals surface area (Å²) in [6.07, 6.45) is 0. The first kappa shape index (κ1) is 14.2. The van der Waals surface area contributed by atoms with E-state index in [1.165, 1.54) is 19.2 Å². The molecule has 0 radical (unpaired) electrons. The molecule has 112 valence electrons. The number of carbonyl (C=O) groups is 1. The molecular formula is C14H11ClN4O3. The monoisotopic (exact) mass is 318 g/mol. The molecule has 0 bridgehead atoms. The lowest BCUT2D eigenvalue weighted by Crippen LogP contribution is -2.21. The van der Waals surface area contributed by atoms with Gasteiger partial charge in [-0.2, -0.15) is 0 Å². The van der Waals surface area contributed by atoms with Crippen LogP contribution in [0.4, 0.5) is 5.69 Å². The van der Waals surface area contributed by atoms with Crippen LogP contribution in [0.1, 0.15) is 10.4 Å². The highest BCUT2D eigenvalue weighted by atomic mass is 35.5. The average molecular weight is 319 g/mol. The molecule has 0 saturated heterocycles. The van der Waals surface area contributed by atoms with E-state index < -0.39 is 5.97 Å². The third-order valence-corrected chi connectivity index (χ3v) is 3.36. The van der Waals surface area contributed by atoms with Gasteiger partial charge in [-0.25, -0.2) is 4.79 Å². The zero-order chi connectivity index (χ0) is 15.7. The van der Waals surface area contributed by atoms with Crippen molar-refractivity contribution in [1.29, 1.82) is 0 Å². The van der Waals surface area contributed by atoms with E-state index in [1.54, 1.807) is 18.2 Å². The van der Waals surface area contributed by atoms with Gasteiger partial charge in [0.15, 0.2) is 0 Å². The van der Waals surface area contributed by atoms with Gasteiger partial charge in [0.2, 0.25) is 0 Å². The van der Waals surface area contributed by atoms with Gasteiger partial charge in [0.25, 0.3) is 0 Å². The molecule has 0 fully saturated rings. The van der Waals surface area contributed by atoms with Gasteiger partial charge in [-0.15, -0.1) is 5.10 Å². The van der Waals surface area contributed by atoms with Crippen molar-refractivity contribution in [1.82, 2.24) is 15.2 Å². The molecule has 2 N–H and O–H groups in total. The van der Waals surface area contributed by atoms with Gasteiger partial charge in [0.1, 0.15) is 22.3 Å². The molecule has 2 aromatic carbocycles. The van der Waals surface area contributed by atoms with E-state index in [-0.39, 0.29) is 16.3 Å². The summed E-state index contributed by atoms with van der Waals surface area (Å²) >= 11 is 5.94. The topological polar surface area (TPSA) is 92.3 Å². The largest absolute Gasteiger partial charge is 0.496 e. The fourth-order valence-electron chi connectivity index (χ4n) is 1.94. The predicted molar refractivity (Wildman–Crippen MR) is 80.9 cm³/mol. The van der Waals surface area contributed by atoms with Crippen molar-refractivity contribution >= 4 is 34.3 Å². The molecule has 0 aliphatic heterocycles. The molecule has 22 heavy (non-hydrogen) atoms. The molecular weight excluding hydrogens is 308 g/mol. The van der Waals surface area contributed by atoms with Gasteiger partial charge in [-0.1, -0.05) is 28.6 Å². The van der Waals surface area contributed by atoms with E-state index in [9.17, 15) is 4.79 Å². The molecule has 0 atom stereocenters. The maximum Gasteiger partial charge on any atom is 0.369 e. The average Bonchev–Trinajstić information content (AvgIpc) is 2.92. The fourth-order valence-corrected chi connectivity index (χ4v) is 2.10. The lowest BCUT2D eigenvalue weighted by Gasteiger charge is -2.10. The number of fused-ring (bicyclic) bond motifs is 1. The Hall–Kier alpha value is -2.80. The van der Waals surface area contributed by atoms with E-state index in [2.05, 4.69) is 10.3 Å². The van der Waals surface area contributed by atoms with Gasteiger partial charge < -0.3 is 15.3 Å². The first-order valence-electron chi connectivity index (χ1n) is 6.26. The number of aromatic nitrogens is 3. The summed E-state index contributed by atoms with van der Waals surface area (Å²) in [6.45, 7) is 0. The summed E-state index contributed by atoms with van der Waals surface area (Å²) in [5.74, 6) is -0.425. The summed E-state index contributed by atoms with van der Waals surface area (Å²) in [5.41, 5.74) is 7.31. The maximum atomic E-state index is 12.3. The Balaban J connectivity index is 1.96. The summed E-state index contributed by atoms with van der Waals surface area (Å²) < 4.78 is 5.12. The van der Waals surface area contributed by atoms with Crippen LogP contribution >= 0.6 is 11.6 Å². The van der Waals surface area contributed by atoms with E-state index in [1.807, 2.05) is 6.07 Å². The molecule has 7 nitrogen and oxygen atoms in total. The van der Waals surface area contributed by atoms with Gasteiger partial charge >= 0.3 is 5.97 Å². The molecule has 1 heterocycles. The van der Waals surface area contributed by atoms with Crippen LogP contribution in [-0.2, 0) is 0 Å². The Labute approximate surface area is 130 Å². The summed E-state index contributed by atoms with van der Waals surface area (Å²) in [6, 6.07) is 9.93. The molecule has 3 aromatic rings.